The van der Waals surface area contributed by atoms with Gasteiger partial charge in [-0.05, 0) is 30.0 Å². The highest BCUT2D eigenvalue weighted by Gasteiger charge is 2.32. The van der Waals surface area contributed by atoms with Crippen LogP contribution in [0.5, 0.6) is 0 Å². The van der Waals surface area contributed by atoms with E-state index in [1.165, 1.54) is 0 Å². The third kappa shape index (κ3) is 1.73. The molecule has 4 heteroatoms. The predicted octanol–water partition coefficient (Wildman–Crippen LogP) is 1.78. The standard InChI is InChI=1S/C11H12ClNO2/c12-9-3-1-2-6-7(9)4-5-8(6)10(13)11(14)15/h1-3,8,10H,4-5,13H2,(H,14,15). The Bertz CT molecular complexity index is 406. The number of carboxylic acid groups (broad SMARTS) is 1. The van der Waals surface area contributed by atoms with Gasteiger partial charge in [0.1, 0.15) is 6.04 Å². The molecule has 1 aliphatic carbocycles. The molecule has 2 atom stereocenters. The van der Waals surface area contributed by atoms with Gasteiger partial charge in [-0.25, -0.2) is 0 Å². The van der Waals surface area contributed by atoms with E-state index in [1.807, 2.05) is 18.2 Å². The number of benzene rings is 1. The fourth-order valence-electron chi connectivity index (χ4n) is 2.19. The van der Waals surface area contributed by atoms with Gasteiger partial charge in [0, 0.05) is 10.9 Å². The molecule has 1 aromatic rings. The van der Waals surface area contributed by atoms with Gasteiger partial charge in [-0.3, -0.25) is 4.79 Å². The van der Waals surface area contributed by atoms with Crippen molar-refractivity contribution in [1.82, 2.24) is 0 Å². The second-order valence-electron chi connectivity index (χ2n) is 3.82. The second kappa shape index (κ2) is 3.83. The van der Waals surface area contributed by atoms with Gasteiger partial charge >= 0.3 is 5.97 Å². The van der Waals surface area contributed by atoms with Crippen molar-refractivity contribution in [2.24, 2.45) is 5.73 Å². The van der Waals surface area contributed by atoms with Crippen molar-refractivity contribution in [2.75, 3.05) is 0 Å². The van der Waals surface area contributed by atoms with Gasteiger partial charge in [-0.15, -0.1) is 0 Å². The first-order chi connectivity index (χ1) is 7.11. The summed E-state index contributed by atoms with van der Waals surface area (Å²) in [5, 5.41) is 9.59. The van der Waals surface area contributed by atoms with E-state index in [9.17, 15) is 4.79 Å². The Kier molecular flexibility index (Phi) is 2.67. The summed E-state index contributed by atoms with van der Waals surface area (Å²) < 4.78 is 0. The van der Waals surface area contributed by atoms with Gasteiger partial charge in [0.2, 0.25) is 0 Å². The molecule has 80 valence electrons. The summed E-state index contributed by atoms with van der Waals surface area (Å²) >= 11 is 6.03. The molecule has 2 rings (SSSR count). The Morgan fingerprint density at radius 3 is 3.00 bits per heavy atom. The summed E-state index contributed by atoms with van der Waals surface area (Å²) in [5.74, 6) is -1.05. The van der Waals surface area contributed by atoms with E-state index in [2.05, 4.69) is 0 Å². The monoisotopic (exact) mass is 225 g/mol. The van der Waals surface area contributed by atoms with Crippen LogP contribution >= 0.6 is 11.6 Å². The number of nitrogens with two attached hydrogens (primary N) is 1. The van der Waals surface area contributed by atoms with Crippen LogP contribution in [0.3, 0.4) is 0 Å². The van der Waals surface area contributed by atoms with Gasteiger partial charge < -0.3 is 10.8 Å². The van der Waals surface area contributed by atoms with E-state index in [-0.39, 0.29) is 5.92 Å². The minimum absolute atomic E-state index is 0.101. The van der Waals surface area contributed by atoms with E-state index in [1.54, 1.807) is 0 Å². The minimum atomic E-state index is -0.951. The number of hydrogen-bond acceptors (Lipinski definition) is 2. The van der Waals surface area contributed by atoms with Gasteiger partial charge in [0.25, 0.3) is 0 Å². The molecule has 0 radical (unpaired) electrons. The normalized spacial score (nSPS) is 21.1. The molecule has 0 saturated heterocycles. The number of fused-ring (bicyclic) bond motifs is 1. The molecule has 0 heterocycles. The molecule has 0 fully saturated rings. The number of hydrogen-bond donors (Lipinski definition) is 2. The molecule has 2 unspecified atom stereocenters. The van der Waals surface area contributed by atoms with Crippen LogP contribution in [-0.4, -0.2) is 17.1 Å². The van der Waals surface area contributed by atoms with Crippen LogP contribution < -0.4 is 5.73 Å². The molecule has 0 bridgehead atoms. The quantitative estimate of drug-likeness (QED) is 0.807. The number of carbonyl (C=O) groups is 1. The summed E-state index contributed by atoms with van der Waals surface area (Å²) in [6.45, 7) is 0. The van der Waals surface area contributed by atoms with Crippen LogP contribution in [0.1, 0.15) is 23.5 Å². The third-order valence-corrected chi connectivity index (χ3v) is 3.33. The molecule has 0 aromatic heterocycles. The smallest absolute Gasteiger partial charge is 0.321 e. The molecule has 0 spiro atoms. The number of rotatable bonds is 2. The van der Waals surface area contributed by atoms with Crippen LogP contribution in [0.15, 0.2) is 18.2 Å². The van der Waals surface area contributed by atoms with E-state index < -0.39 is 12.0 Å². The van der Waals surface area contributed by atoms with Crippen LogP contribution in [0.4, 0.5) is 0 Å². The fourth-order valence-corrected chi connectivity index (χ4v) is 2.46. The summed E-state index contributed by atoms with van der Waals surface area (Å²) in [7, 11) is 0. The second-order valence-corrected chi connectivity index (χ2v) is 4.22. The average Bonchev–Trinajstić information content (AvgIpc) is 2.61. The molecule has 0 aliphatic heterocycles. The lowest BCUT2D eigenvalue weighted by Gasteiger charge is -2.15. The molecular weight excluding hydrogens is 214 g/mol. The zero-order chi connectivity index (χ0) is 11.0. The van der Waals surface area contributed by atoms with E-state index in [0.717, 1.165) is 24.0 Å². The molecule has 0 saturated carbocycles. The van der Waals surface area contributed by atoms with Gasteiger partial charge in [0.15, 0.2) is 0 Å². The maximum Gasteiger partial charge on any atom is 0.321 e. The first-order valence-electron chi connectivity index (χ1n) is 4.87. The largest absolute Gasteiger partial charge is 0.480 e. The number of aliphatic carboxylic acids is 1. The Hall–Kier alpha value is -1.06. The van der Waals surface area contributed by atoms with Gasteiger partial charge in [-0.2, -0.15) is 0 Å². The zero-order valence-electron chi connectivity index (χ0n) is 8.11. The average molecular weight is 226 g/mol. The molecule has 3 nitrogen and oxygen atoms in total. The molecule has 15 heavy (non-hydrogen) atoms. The van der Waals surface area contributed by atoms with Crippen molar-refractivity contribution in [2.45, 2.75) is 24.8 Å². The highest BCUT2D eigenvalue weighted by Crippen LogP contribution is 2.38. The summed E-state index contributed by atoms with van der Waals surface area (Å²) in [6, 6.07) is 4.76. The predicted molar refractivity (Wildman–Crippen MR) is 58.1 cm³/mol. The summed E-state index contributed by atoms with van der Waals surface area (Å²) in [5.41, 5.74) is 7.70. The van der Waals surface area contributed by atoms with Crippen LogP contribution in [0, 0.1) is 0 Å². The summed E-state index contributed by atoms with van der Waals surface area (Å²) in [6.07, 6.45) is 1.59. The topological polar surface area (TPSA) is 63.3 Å². The highest BCUT2D eigenvalue weighted by atomic mass is 35.5. The molecule has 3 N–H and O–H groups in total. The molecule has 1 aliphatic rings. The SMILES string of the molecule is NC(C(=O)O)C1CCc2c(Cl)cccc21. The lowest BCUT2D eigenvalue weighted by atomic mass is 9.94. The number of halogens is 1. The Morgan fingerprint density at radius 2 is 2.33 bits per heavy atom. The van der Waals surface area contributed by atoms with E-state index >= 15 is 0 Å². The van der Waals surface area contributed by atoms with Crippen LogP contribution in [0.25, 0.3) is 0 Å². The Balaban J connectivity index is 2.37. The van der Waals surface area contributed by atoms with Crippen molar-refractivity contribution < 1.29 is 9.90 Å². The highest BCUT2D eigenvalue weighted by molar-refractivity contribution is 6.31. The van der Waals surface area contributed by atoms with Crippen LogP contribution in [-0.2, 0) is 11.2 Å². The maximum absolute atomic E-state index is 10.8. The third-order valence-electron chi connectivity index (χ3n) is 2.98. The van der Waals surface area contributed by atoms with Crippen molar-refractivity contribution >= 4 is 17.6 Å². The van der Waals surface area contributed by atoms with Crippen molar-refractivity contribution in [3.8, 4) is 0 Å². The maximum atomic E-state index is 10.8. The first-order valence-corrected chi connectivity index (χ1v) is 5.24. The first kappa shape index (κ1) is 10.5. The van der Waals surface area contributed by atoms with Crippen LogP contribution in [0.2, 0.25) is 5.02 Å². The van der Waals surface area contributed by atoms with E-state index in [4.69, 9.17) is 22.4 Å². The van der Waals surface area contributed by atoms with Crippen molar-refractivity contribution in [3.05, 3.63) is 34.3 Å². The lowest BCUT2D eigenvalue weighted by molar-refractivity contribution is -0.139. The van der Waals surface area contributed by atoms with Gasteiger partial charge in [-0.1, -0.05) is 23.7 Å². The lowest BCUT2D eigenvalue weighted by Crippen LogP contribution is -2.35. The van der Waals surface area contributed by atoms with Crippen molar-refractivity contribution in [3.63, 3.8) is 0 Å². The Labute approximate surface area is 92.8 Å². The molecular formula is C11H12ClNO2. The fraction of sp³-hybridized carbons (Fsp3) is 0.364. The van der Waals surface area contributed by atoms with Gasteiger partial charge in [0.05, 0.1) is 0 Å². The molecule has 1 aromatic carbocycles. The zero-order valence-corrected chi connectivity index (χ0v) is 8.87. The van der Waals surface area contributed by atoms with E-state index in [0.29, 0.717) is 5.02 Å². The minimum Gasteiger partial charge on any atom is -0.480 e. The molecule has 0 amide bonds. The van der Waals surface area contributed by atoms with Crippen molar-refractivity contribution in [1.29, 1.82) is 0 Å². The Morgan fingerprint density at radius 1 is 1.60 bits per heavy atom. The number of carboxylic acids is 1. The summed E-state index contributed by atoms with van der Waals surface area (Å²) in [4.78, 5) is 10.8.